The van der Waals surface area contributed by atoms with Crippen molar-refractivity contribution in [3.8, 4) is 0 Å². The van der Waals surface area contributed by atoms with Crippen molar-refractivity contribution in [2.24, 2.45) is 0 Å². The summed E-state index contributed by atoms with van der Waals surface area (Å²) in [6.45, 7) is 1.60. The summed E-state index contributed by atoms with van der Waals surface area (Å²) in [6, 6.07) is 11.8. The number of thiazole rings is 1. The lowest BCUT2D eigenvalue weighted by Gasteiger charge is -2.03. The molecule has 0 aliphatic heterocycles. The molecule has 0 radical (unpaired) electrons. The number of hydrogen-bond donors (Lipinski definition) is 1. The van der Waals surface area contributed by atoms with Gasteiger partial charge in [-0.05, 0) is 30.7 Å². The third kappa shape index (κ3) is 4.07. The molecule has 0 atom stereocenters. The van der Waals surface area contributed by atoms with Crippen molar-refractivity contribution in [2.45, 2.75) is 13.3 Å². The second kappa shape index (κ2) is 7.63. The number of nitro groups is 1. The van der Waals surface area contributed by atoms with E-state index in [1.807, 2.05) is 24.3 Å². The van der Waals surface area contributed by atoms with E-state index in [9.17, 15) is 14.9 Å². The highest BCUT2D eigenvalue weighted by molar-refractivity contribution is 7.15. The van der Waals surface area contributed by atoms with Crippen molar-refractivity contribution >= 4 is 39.7 Å². The van der Waals surface area contributed by atoms with Gasteiger partial charge in [0.1, 0.15) is 0 Å². The summed E-state index contributed by atoms with van der Waals surface area (Å²) in [5.74, 6) is -0.360. The van der Waals surface area contributed by atoms with Gasteiger partial charge in [-0.1, -0.05) is 29.8 Å². The Balaban J connectivity index is 1.71. The van der Waals surface area contributed by atoms with Crippen molar-refractivity contribution in [1.82, 2.24) is 4.98 Å². The molecule has 1 heterocycles. The predicted octanol–water partition coefficient (Wildman–Crippen LogP) is 4.86. The lowest BCUT2D eigenvalue weighted by atomic mass is 10.1. The van der Waals surface area contributed by atoms with Gasteiger partial charge in [0.05, 0.1) is 4.92 Å². The lowest BCUT2D eigenvalue weighted by molar-refractivity contribution is -0.385. The van der Waals surface area contributed by atoms with Crippen molar-refractivity contribution in [3.05, 3.63) is 85.4 Å². The number of benzene rings is 2. The minimum Gasteiger partial charge on any atom is -0.298 e. The molecule has 0 saturated heterocycles. The van der Waals surface area contributed by atoms with Crippen molar-refractivity contribution in [3.63, 3.8) is 0 Å². The summed E-state index contributed by atoms with van der Waals surface area (Å²) in [4.78, 5) is 27.9. The zero-order valence-electron chi connectivity index (χ0n) is 13.7. The monoisotopic (exact) mass is 387 g/mol. The number of carbonyl (C=O) groups excluding carboxylic acids is 1. The minimum absolute atomic E-state index is 0.0159. The van der Waals surface area contributed by atoms with Crippen LogP contribution in [0.2, 0.25) is 5.02 Å². The van der Waals surface area contributed by atoms with Gasteiger partial charge in [0.2, 0.25) is 0 Å². The molecule has 6 nitrogen and oxygen atoms in total. The Morgan fingerprint density at radius 2 is 2.08 bits per heavy atom. The first-order valence-electron chi connectivity index (χ1n) is 7.68. The molecule has 0 saturated carbocycles. The van der Waals surface area contributed by atoms with Crippen LogP contribution in [-0.4, -0.2) is 15.8 Å². The second-order valence-electron chi connectivity index (χ2n) is 5.61. The van der Waals surface area contributed by atoms with Crippen LogP contribution in [-0.2, 0) is 6.42 Å². The molecule has 0 aliphatic carbocycles. The van der Waals surface area contributed by atoms with Gasteiger partial charge >= 0.3 is 0 Å². The molecule has 2 aromatic carbocycles. The number of nitrogens with one attached hydrogen (secondary N) is 1. The van der Waals surface area contributed by atoms with Crippen LogP contribution in [0.5, 0.6) is 0 Å². The van der Waals surface area contributed by atoms with Gasteiger partial charge in [-0.25, -0.2) is 4.98 Å². The molecule has 26 heavy (non-hydrogen) atoms. The summed E-state index contributed by atoms with van der Waals surface area (Å²) < 4.78 is 0. The quantitative estimate of drug-likeness (QED) is 0.500. The minimum atomic E-state index is -0.473. The average molecular weight is 388 g/mol. The summed E-state index contributed by atoms with van der Waals surface area (Å²) in [5.41, 5.74) is 1.75. The maximum Gasteiger partial charge on any atom is 0.272 e. The zero-order chi connectivity index (χ0) is 18.7. The number of anilines is 1. The third-order valence-corrected chi connectivity index (χ3v) is 5.03. The predicted molar refractivity (Wildman–Crippen MR) is 102 cm³/mol. The fourth-order valence-electron chi connectivity index (χ4n) is 2.45. The number of halogens is 1. The standard InChI is InChI=1S/C18H14ClN3O3S/c1-11-8-13(6-7-16(11)22(24)25)17(23)21-18-20-10-14(26-18)9-12-4-2-3-5-15(12)19/h2-8,10H,9H2,1H3,(H,20,21,23). The van der Waals surface area contributed by atoms with E-state index in [-0.39, 0.29) is 11.6 Å². The van der Waals surface area contributed by atoms with E-state index in [4.69, 9.17) is 11.6 Å². The van der Waals surface area contributed by atoms with Crippen LogP contribution >= 0.6 is 22.9 Å². The number of aromatic nitrogens is 1. The van der Waals surface area contributed by atoms with E-state index >= 15 is 0 Å². The van der Waals surface area contributed by atoms with Crippen molar-refractivity contribution < 1.29 is 9.72 Å². The molecule has 0 bridgehead atoms. The van der Waals surface area contributed by atoms with E-state index in [1.165, 1.54) is 29.5 Å². The molecule has 1 aromatic heterocycles. The normalized spacial score (nSPS) is 10.5. The van der Waals surface area contributed by atoms with Gasteiger partial charge in [0.25, 0.3) is 11.6 Å². The Bertz CT molecular complexity index is 987. The van der Waals surface area contributed by atoms with Crippen LogP contribution in [0.3, 0.4) is 0 Å². The Morgan fingerprint density at radius 3 is 2.77 bits per heavy atom. The third-order valence-electron chi connectivity index (χ3n) is 3.75. The average Bonchev–Trinajstić information content (AvgIpc) is 3.03. The van der Waals surface area contributed by atoms with E-state index in [1.54, 1.807) is 13.1 Å². The number of hydrogen-bond acceptors (Lipinski definition) is 5. The summed E-state index contributed by atoms with van der Waals surface area (Å²) in [5, 5.41) is 14.7. The molecule has 1 amide bonds. The number of carbonyl (C=O) groups is 1. The summed E-state index contributed by atoms with van der Waals surface area (Å²) in [7, 11) is 0. The first-order valence-corrected chi connectivity index (χ1v) is 8.88. The van der Waals surface area contributed by atoms with Gasteiger partial charge < -0.3 is 0 Å². The topological polar surface area (TPSA) is 85.1 Å². The zero-order valence-corrected chi connectivity index (χ0v) is 15.3. The molecule has 0 aliphatic rings. The molecule has 8 heteroatoms. The van der Waals surface area contributed by atoms with Crippen LogP contribution in [0.1, 0.15) is 26.4 Å². The Kier molecular flexibility index (Phi) is 5.29. The van der Waals surface area contributed by atoms with Gasteiger partial charge in [-0.15, -0.1) is 11.3 Å². The highest BCUT2D eigenvalue weighted by Gasteiger charge is 2.15. The fourth-order valence-corrected chi connectivity index (χ4v) is 3.48. The number of nitro benzene ring substituents is 1. The number of aryl methyl sites for hydroxylation is 1. The SMILES string of the molecule is Cc1cc(C(=O)Nc2ncc(Cc3ccccc3Cl)s2)ccc1[N+](=O)[O-]. The highest BCUT2D eigenvalue weighted by atomic mass is 35.5. The van der Waals surface area contributed by atoms with E-state index in [0.29, 0.717) is 27.7 Å². The second-order valence-corrected chi connectivity index (χ2v) is 7.13. The summed E-state index contributed by atoms with van der Waals surface area (Å²) >= 11 is 7.52. The molecule has 0 fully saturated rings. The maximum atomic E-state index is 12.3. The Morgan fingerprint density at radius 1 is 1.31 bits per heavy atom. The first-order chi connectivity index (χ1) is 12.4. The van der Waals surface area contributed by atoms with Gasteiger partial charge in [-0.2, -0.15) is 0 Å². The molecule has 3 rings (SSSR count). The van der Waals surface area contributed by atoms with Crippen LogP contribution < -0.4 is 5.32 Å². The number of rotatable bonds is 5. The van der Waals surface area contributed by atoms with E-state index < -0.39 is 4.92 Å². The van der Waals surface area contributed by atoms with Crippen LogP contribution in [0, 0.1) is 17.0 Å². The van der Waals surface area contributed by atoms with Crippen LogP contribution in [0.4, 0.5) is 10.8 Å². The number of amides is 1. The fraction of sp³-hybridized carbons (Fsp3) is 0.111. The number of nitrogens with zero attached hydrogens (tertiary/aromatic N) is 2. The lowest BCUT2D eigenvalue weighted by Crippen LogP contribution is -2.12. The molecule has 3 aromatic rings. The smallest absolute Gasteiger partial charge is 0.272 e. The van der Waals surface area contributed by atoms with E-state index in [2.05, 4.69) is 10.3 Å². The molecule has 0 unspecified atom stereocenters. The first kappa shape index (κ1) is 18.0. The molecule has 0 spiro atoms. The molecule has 1 N–H and O–H groups in total. The van der Waals surface area contributed by atoms with Crippen molar-refractivity contribution in [2.75, 3.05) is 5.32 Å². The summed E-state index contributed by atoms with van der Waals surface area (Å²) in [6.07, 6.45) is 2.33. The van der Waals surface area contributed by atoms with Gasteiger partial charge in [0.15, 0.2) is 5.13 Å². The Hall–Kier alpha value is -2.77. The van der Waals surface area contributed by atoms with Crippen LogP contribution in [0.15, 0.2) is 48.7 Å². The van der Waals surface area contributed by atoms with E-state index in [0.717, 1.165) is 10.4 Å². The Labute approximate surface area is 158 Å². The molecular formula is C18H14ClN3O3S. The molecular weight excluding hydrogens is 374 g/mol. The maximum absolute atomic E-state index is 12.3. The van der Waals surface area contributed by atoms with Crippen molar-refractivity contribution in [1.29, 1.82) is 0 Å². The van der Waals surface area contributed by atoms with Crippen LogP contribution in [0.25, 0.3) is 0 Å². The highest BCUT2D eigenvalue weighted by Crippen LogP contribution is 2.25. The van der Waals surface area contributed by atoms with Gasteiger partial charge in [0, 0.05) is 39.7 Å². The van der Waals surface area contributed by atoms with Gasteiger partial charge in [-0.3, -0.25) is 20.2 Å². The molecule has 132 valence electrons. The largest absolute Gasteiger partial charge is 0.298 e.